The molecule has 1 rings (SSSR count). The summed E-state index contributed by atoms with van der Waals surface area (Å²) < 4.78 is 8.85. The fraction of sp³-hybridized carbons (Fsp3) is 0.500. The largest absolute Gasteiger partial charge is 0.514 e. The summed E-state index contributed by atoms with van der Waals surface area (Å²) in [6, 6.07) is 0. The van der Waals surface area contributed by atoms with Crippen LogP contribution in [0.25, 0.3) is 0 Å². The van der Waals surface area contributed by atoms with Crippen LogP contribution in [-0.2, 0) is 9.47 Å². The molecule has 52 valence electrons. The zero-order valence-corrected chi connectivity index (χ0v) is 5.42. The van der Waals surface area contributed by atoms with Gasteiger partial charge in [0.25, 0.3) is 6.29 Å². The van der Waals surface area contributed by atoms with Crippen molar-refractivity contribution in [3.8, 4) is 0 Å². The summed E-state index contributed by atoms with van der Waals surface area (Å²) in [4.78, 5) is 9.82. The van der Waals surface area contributed by atoms with Gasteiger partial charge in [-0.05, 0) is 0 Å². The van der Waals surface area contributed by atoms with Crippen LogP contribution in [0.1, 0.15) is 13.3 Å². The molecule has 3 heteroatoms. The minimum atomic E-state index is -0.549. The Kier molecular flexibility index (Phi) is 3.51. The van der Waals surface area contributed by atoms with E-state index in [-0.39, 0.29) is 6.29 Å². The van der Waals surface area contributed by atoms with Gasteiger partial charge in [-0.3, -0.25) is 0 Å². The van der Waals surface area contributed by atoms with Crippen LogP contribution in [-0.4, -0.2) is 12.4 Å². The van der Waals surface area contributed by atoms with Crippen LogP contribution in [0.5, 0.6) is 0 Å². The Hall–Kier alpha value is -0.990. The molecule has 0 aromatic carbocycles. The normalized spacial score (nSPS) is 15.9. The Labute approximate surface area is 54.3 Å². The average Bonchev–Trinajstić information content (AvgIpc) is 1.86. The topological polar surface area (TPSA) is 35.5 Å². The number of cyclic esters (lactones) is 2. The summed E-state index contributed by atoms with van der Waals surface area (Å²) in [5.41, 5.74) is 0. The highest BCUT2D eigenvalue weighted by Gasteiger charge is 2.27. The lowest BCUT2D eigenvalue weighted by molar-refractivity contribution is -0.182. The molecule has 0 unspecified atom stereocenters. The molecule has 3 nitrogen and oxygen atoms in total. The molecular formula is C6H10O3. The van der Waals surface area contributed by atoms with Crippen molar-refractivity contribution in [2.24, 2.45) is 0 Å². The first kappa shape index (κ1) is 8.01. The summed E-state index contributed by atoms with van der Waals surface area (Å²) >= 11 is 0. The van der Waals surface area contributed by atoms with Gasteiger partial charge in [-0.2, -0.15) is 0 Å². The Morgan fingerprint density at radius 1 is 1.56 bits per heavy atom. The molecule has 1 aliphatic heterocycles. The van der Waals surface area contributed by atoms with Crippen LogP contribution in [0.2, 0.25) is 0 Å². The lowest BCUT2D eigenvalue weighted by atomic mass is 10.4. The molecule has 0 N–H and O–H groups in total. The third-order valence-electron chi connectivity index (χ3n) is 0.789. The van der Waals surface area contributed by atoms with E-state index in [0.29, 0.717) is 0 Å². The summed E-state index contributed by atoms with van der Waals surface area (Å²) in [5.74, 6) is 0. The van der Waals surface area contributed by atoms with Crippen LogP contribution in [0.15, 0.2) is 13.2 Å². The quantitative estimate of drug-likeness (QED) is 0.400. The maximum Gasteiger partial charge on any atom is 0.514 e. The minimum absolute atomic E-state index is 0.257. The van der Waals surface area contributed by atoms with Crippen LogP contribution >= 0.6 is 0 Å². The highest BCUT2D eigenvalue weighted by molar-refractivity contribution is 5.63. The van der Waals surface area contributed by atoms with Crippen molar-refractivity contribution < 1.29 is 14.3 Å². The monoisotopic (exact) mass is 130 g/mol. The molecule has 1 fully saturated rings. The van der Waals surface area contributed by atoms with Gasteiger partial charge in [0, 0.05) is 6.42 Å². The van der Waals surface area contributed by atoms with Gasteiger partial charge in [-0.15, -0.1) is 13.2 Å². The molecule has 1 saturated heterocycles. The van der Waals surface area contributed by atoms with E-state index in [0.717, 1.165) is 6.42 Å². The second kappa shape index (κ2) is 3.95. The fourth-order valence-electron chi connectivity index (χ4n) is 0.390. The molecule has 0 aliphatic carbocycles. The van der Waals surface area contributed by atoms with E-state index >= 15 is 0 Å². The molecule has 0 saturated carbocycles. The van der Waals surface area contributed by atoms with Gasteiger partial charge >= 0.3 is 6.16 Å². The van der Waals surface area contributed by atoms with Crippen molar-refractivity contribution >= 4 is 6.16 Å². The molecule has 1 aliphatic rings. The lowest BCUT2D eigenvalue weighted by Crippen LogP contribution is -2.34. The first-order valence-electron chi connectivity index (χ1n) is 2.70. The van der Waals surface area contributed by atoms with E-state index in [1.165, 1.54) is 0 Å². The van der Waals surface area contributed by atoms with Gasteiger partial charge in [0.2, 0.25) is 0 Å². The van der Waals surface area contributed by atoms with Crippen molar-refractivity contribution in [3.05, 3.63) is 13.2 Å². The van der Waals surface area contributed by atoms with Crippen molar-refractivity contribution in [1.29, 1.82) is 0 Å². The lowest BCUT2D eigenvalue weighted by Gasteiger charge is -2.23. The van der Waals surface area contributed by atoms with Crippen molar-refractivity contribution in [2.75, 3.05) is 0 Å². The van der Waals surface area contributed by atoms with Gasteiger partial charge in [-0.25, -0.2) is 4.79 Å². The summed E-state index contributed by atoms with van der Waals surface area (Å²) in [6.45, 7) is 7.89. The molecule has 0 bridgehead atoms. The summed E-state index contributed by atoms with van der Waals surface area (Å²) in [5, 5.41) is 0. The van der Waals surface area contributed by atoms with Crippen LogP contribution < -0.4 is 0 Å². The molecule has 9 heavy (non-hydrogen) atoms. The molecule has 0 amide bonds. The van der Waals surface area contributed by atoms with Crippen LogP contribution in [0, 0.1) is 0 Å². The number of carbonyl (C=O) groups excluding carboxylic acids is 1. The second-order valence-electron chi connectivity index (χ2n) is 1.32. The fourth-order valence-corrected chi connectivity index (χ4v) is 0.390. The Morgan fingerprint density at radius 3 is 2.11 bits per heavy atom. The number of carbonyl (C=O) groups is 1. The molecule has 0 spiro atoms. The predicted octanol–water partition coefficient (Wildman–Crippen LogP) is 1.69. The third-order valence-corrected chi connectivity index (χ3v) is 0.789. The first-order valence-corrected chi connectivity index (χ1v) is 2.70. The maximum atomic E-state index is 9.82. The molecular weight excluding hydrogens is 120 g/mol. The van der Waals surface area contributed by atoms with Crippen LogP contribution in [0.4, 0.5) is 4.79 Å². The summed E-state index contributed by atoms with van der Waals surface area (Å²) in [7, 11) is 0. The molecule has 0 aromatic heterocycles. The van der Waals surface area contributed by atoms with Gasteiger partial charge in [-0.1, -0.05) is 6.92 Å². The molecule has 0 atom stereocenters. The Bertz CT molecular complexity index is 92.5. The van der Waals surface area contributed by atoms with E-state index in [4.69, 9.17) is 0 Å². The zero-order valence-electron chi connectivity index (χ0n) is 5.42. The number of hydrogen-bond donors (Lipinski definition) is 0. The van der Waals surface area contributed by atoms with Crippen molar-refractivity contribution in [3.63, 3.8) is 0 Å². The van der Waals surface area contributed by atoms with Gasteiger partial charge < -0.3 is 9.47 Å². The van der Waals surface area contributed by atoms with Crippen molar-refractivity contribution in [2.45, 2.75) is 19.6 Å². The van der Waals surface area contributed by atoms with Gasteiger partial charge in [0.1, 0.15) is 0 Å². The Balaban J connectivity index is 0.000000291. The van der Waals surface area contributed by atoms with Gasteiger partial charge in [0.15, 0.2) is 0 Å². The first-order chi connectivity index (χ1) is 4.33. The van der Waals surface area contributed by atoms with E-state index in [2.05, 4.69) is 22.6 Å². The highest BCUT2D eigenvalue weighted by atomic mass is 16.9. The van der Waals surface area contributed by atoms with E-state index in [9.17, 15) is 4.79 Å². The standard InChI is InChI=1S/C4H6O3.C2H4/c1-2-3-6-4(5)7-3;1-2/h3H,2H2,1H3;1-2H2. The third kappa shape index (κ3) is 2.17. The number of ether oxygens (including phenoxy) is 2. The number of rotatable bonds is 1. The predicted molar refractivity (Wildman–Crippen MR) is 32.9 cm³/mol. The van der Waals surface area contributed by atoms with E-state index < -0.39 is 6.16 Å². The second-order valence-corrected chi connectivity index (χ2v) is 1.32. The Morgan fingerprint density at radius 2 is 2.00 bits per heavy atom. The minimum Gasteiger partial charge on any atom is -0.394 e. The van der Waals surface area contributed by atoms with Crippen LogP contribution in [0.3, 0.4) is 0 Å². The molecule has 0 radical (unpaired) electrons. The van der Waals surface area contributed by atoms with Gasteiger partial charge in [0.05, 0.1) is 0 Å². The van der Waals surface area contributed by atoms with E-state index in [1.54, 1.807) is 0 Å². The summed E-state index contributed by atoms with van der Waals surface area (Å²) in [6.07, 6.45) is -0.0644. The van der Waals surface area contributed by atoms with E-state index in [1.807, 2.05) is 6.92 Å². The average molecular weight is 130 g/mol. The SMILES string of the molecule is C=C.CCC1OC(=O)O1. The smallest absolute Gasteiger partial charge is 0.394 e. The number of hydrogen-bond acceptors (Lipinski definition) is 3. The molecule has 0 aromatic rings. The molecule has 1 heterocycles. The maximum absolute atomic E-state index is 9.82. The zero-order chi connectivity index (χ0) is 7.28. The van der Waals surface area contributed by atoms with Crippen molar-refractivity contribution in [1.82, 2.24) is 0 Å². The highest BCUT2D eigenvalue weighted by Crippen LogP contribution is 2.12.